The molecule has 0 aliphatic carbocycles. The lowest BCUT2D eigenvalue weighted by Gasteiger charge is -2.47. The van der Waals surface area contributed by atoms with Crippen LogP contribution in [0.4, 0.5) is 0 Å². The van der Waals surface area contributed by atoms with Crippen LogP contribution >= 0.6 is 143 Å². The van der Waals surface area contributed by atoms with Crippen molar-refractivity contribution in [3.05, 3.63) is 35.9 Å². The highest BCUT2D eigenvalue weighted by molar-refractivity contribution is 9.42. The molecule has 9 heteroatoms. The molecule has 1 radical (unpaired) electrons. The predicted octanol–water partition coefficient (Wildman–Crippen LogP) is 8.24. The van der Waals surface area contributed by atoms with E-state index in [1.54, 1.807) is 0 Å². The third-order valence-electron chi connectivity index (χ3n) is 2.23. The quantitative estimate of drug-likeness (QED) is 0.269. The van der Waals surface area contributed by atoms with Gasteiger partial charge >= 0.3 is 0 Å². The van der Waals surface area contributed by atoms with Gasteiger partial charge < -0.3 is 0 Å². The standard InChI is InChI=1S/C10H4Br9/c11-7(12,6-4-2-1-3-5-6)8(13,14)9(15,16)10(17,18)19/h2-5H. The Hall–Kier alpha value is 3.54. The molecule has 0 fully saturated rings. The normalized spacial score (nSPS) is 14.6. The molecule has 0 saturated carbocycles. The molecule has 0 bridgehead atoms. The first-order valence-electron chi connectivity index (χ1n) is 4.52. The van der Waals surface area contributed by atoms with Gasteiger partial charge in [-0.05, 0) is 11.6 Å². The minimum atomic E-state index is -0.683. The summed E-state index contributed by atoms with van der Waals surface area (Å²) in [6.07, 6.45) is 0. The highest BCUT2D eigenvalue weighted by Gasteiger charge is 2.64. The van der Waals surface area contributed by atoms with Gasteiger partial charge in [-0.15, -0.1) is 0 Å². The fourth-order valence-electron chi connectivity index (χ4n) is 1.15. The number of rotatable bonds is 3. The maximum Gasteiger partial charge on any atom is 0.162 e. The van der Waals surface area contributed by atoms with Gasteiger partial charge in [-0.1, -0.05) is 168 Å². The topological polar surface area (TPSA) is 0 Å². The van der Waals surface area contributed by atoms with Gasteiger partial charge in [0.25, 0.3) is 0 Å². The van der Waals surface area contributed by atoms with Crippen molar-refractivity contribution in [1.29, 1.82) is 0 Å². The number of hydrogen-bond donors (Lipinski definition) is 0. The van der Waals surface area contributed by atoms with Crippen molar-refractivity contribution in [1.82, 2.24) is 0 Å². The van der Waals surface area contributed by atoms with E-state index in [4.69, 9.17) is 0 Å². The molecule has 0 atom stereocenters. The summed E-state index contributed by atoms with van der Waals surface area (Å²) >= 11 is 32.8. The molecule has 1 rings (SSSR count). The summed E-state index contributed by atoms with van der Waals surface area (Å²) in [6.45, 7) is 0. The van der Waals surface area contributed by atoms with Gasteiger partial charge in [0.15, 0.2) is 2.14 Å². The molecule has 0 nitrogen and oxygen atoms in total. The zero-order valence-electron chi connectivity index (χ0n) is 8.71. The molecular weight excluding hydrogens is 839 g/mol. The van der Waals surface area contributed by atoms with Crippen LogP contribution in [-0.2, 0) is 3.23 Å². The second kappa shape index (κ2) is 7.19. The molecular formula is C10H4Br9. The molecule has 0 saturated heterocycles. The molecule has 0 amide bonds. The Balaban J connectivity index is 3.34. The highest BCUT2D eigenvalue weighted by Crippen LogP contribution is 2.70. The minimum absolute atomic E-state index is 0.615. The highest BCUT2D eigenvalue weighted by atomic mass is 80.0. The maximum atomic E-state index is 3.73. The monoisotopic (exact) mass is 834 g/mol. The van der Waals surface area contributed by atoms with E-state index in [0.717, 1.165) is 5.56 Å². The summed E-state index contributed by atoms with van der Waals surface area (Å²) in [6, 6.07) is 10.7. The van der Waals surface area contributed by atoms with Gasteiger partial charge in [0.05, 0.1) is 0 Å². The van der Waals surface area contributed by atoms with E-state index in [2.05, 4.69) is 149 Å². The molecule has 0 aliphatic heterocycles. The summed E-state index contributed by atoms with van der Waals surface area (Å²) < 4.78 is -2.60. The maximum absolute atomic E-state index is 3.73. The van der Waals surface area contributed by atoms with Crippen LogP contribution in [0.1, 0.15) is 5.56 Å². The van der Waals surface area contributed by atoms with Crippen LogP contribution < -0.4 is 0 Å². The van der Waals surface area contributed by atoms with Gasteiger partial charge in [0, 0.05) is 0 Å². The molecule has 19 heavy (non-hydrogen) atoms. The van der Waals surface area contributed by atoms with Crippen LogP contribution in [0.5, 0.6) is 0 Å². The second-order valence-corrected chi connectivity index (χ2v) is 20.6. The van der Waals surface area contributed by atoms with Gasteiger partial charge in [-0.2, -0.15) is 0 Å². The van der Waals surface area contributed by atoms with Crippen LogP contribution in [0.2, 0.25) is 0 Å². The number of hydrogen-bond acceptors (Lipinski definition) is 0. The van der Waals surface area contributed by atoms with Crippen molar-refractivity contribution in [2.45, 2.75) is 11.8 Å². The van der Waals surface area contributed by atoms with Crippen LogP contribution in [-0.4, -0.2) is 8.61 Å². The molecule has 0 aliphatic rings. The minimum Gasteiger partial charge on any atom is -0.0672 e. The van der Waals surface area contributed by atoms with E-state index in [1.165, 1.54) is 0 Å². The molecule has 0 spiro atoms. The van der Waals surface area contributed by atoms with Crippen molar-refractivity contribution in [2.24, 2.45) is 0 Å². The molecule has 0 N–H and O–H groups in total. The summed E-state index contributed by atoms with van der Waals surface area (Å²) in [4.78, 5) is 0. The van der Waals surface area contributed by atoms with E-state index in [1.807, 2.05) is 24.3 Å². The summed E-state index contributed by atoms with van der Waals surface area (Å²) in [5.74, 6) is 0. The largest absolute Gasteiger partial charge is 0.162 e. The Morgan fingerprint density at radius 2 is 1.11 bits per heavy atom. The second-order valence-electron chi connectivity index (χ2n) is 3.51. The lowest BCUT2D eigenvalue weighted by Crippen LogP contribution is -2.52. The van der Waals surface area contributed by atoms with Crippen LogP contribution in [0.3, 0.4) is 0 Å². The Morgan fingerprint density at radius 1 is 0.684 bits per heavy atom. The van der Waals surface area contributed by atoms with Crippen molar-refractivity contribution in [3.63, 3.8) is 0 Å². The molecule has 107 valence electrons. The van der Waals surface area contributed by atoms with Crippen LogP contribution in [0.15, 0.2) is 24.3 Å². The molecule has 0 heterocycles. The van der Waals surface area contributed by atoms with Gasteiger partial charge in [-0.25, -0.2) is 0 Å². The van der Waals surface area contributed by atoms with Crippen LogP contribution in [0, 0.1) is 6.07 Å². The number of halogens is 9. The van der Waals surface area contributed by atoms with E-state index in [0.29, 0.717) is 0 Å². The average molecular weight is 843 g/mol. The molecule has 0 unspecified atom stereocenters. The summed E-state index contributed by atoms with van der Waals surface area (Å²) in [5.41, 5.74) is 1.01. The first kappa shape index (κ1) is 20.6. The molecule has 0 aromatic heterocycles. The fourth-order valence-corrected chi connectivity index (χ4v) is 7.48. The third-order valence-corrected chi connectivity index (χ3v) is 18.3. The Bertz CT molecular complexity index is 432. The first-order valence-corrected chi connectivity index (χ1v) is 11.7. The van der Waals surface area contributed by atoms with E-state index < -0.39 is 11.8 Å². The zero-order valence-corrected chi connectivity index (χ0v) is 23.0. The van der Waals surface area contributed by atoms with Crippen molar-refractivity contribution >= 4 is 143 Å². The van der Waals surface area contributed by atoms with Gasteiger partial charge in [0.1, 0.15) is 9.70 Å². The lowest BCUT2D eigenvalue weighted by molar-refractivity contribution is 0.735. The van der Waals surface area contributed by atoms with Crippen molar-refractivity contribution < 1.29 is 0 Å². The van der Waals surface area contributed by atoms with E-state index in [-0.39, 0.29) is 0 Å². The summed E-state index contributed by atoms with van der Waals surface area (Å²) in [7, 11) is 0. The number of alkyl halides is 9. The average Bonchev–Trinajstić information content (AvgIpc) is 2.28. The Kier molecular flexibility index (Phi) is 7.79. The lowest BCUT2D eigenvalue weighted by atomic mass is 10.1. The third kappa shape index (κ3) is 4.15. The fraction of sp³-hybridized carbons (Fsp3) is 0.400. The van der Waals surface area contributed by atoms with Gasteiger partial charge in [-0.3, -0.25) is 0 Å². The van der Waals surface area contributed by atoms with E-state index in [9.17, 15) is 0 Å². The predicted molar refractivity (Wildman–Crippen MR) is 115 cm³/mol. The Labute approximate surface area is 188 Å². The zero-order chi connectivity index (χ0) is 15.1. The van der Waals surface area contributed by atoms with Crippen LogP contribution in [0.25, 0.3) is 0 Å². The van der Waals surface area contributed by atoms with Crippen molar-refractivity contribution in [2.75, 3.05) is 0 Å². The van der Waals surface area contributed by atoms with Crippen molar-refractivity contribution in [3.8, 4) is 0 Å². The SMILES string of the molecule is BrC(Br)(Br)C(Br)(Br)C(Br)(Br)C(Br)(Br)c1cc[c]cc1. The molecule has 1 aromatic carbocycles. The van der Waals surface area contributed by atoms with E-state index >= 15 is 0 Å². The van der Waals surface area contributed by atoms with Gasteiger partial charge in [0.2, 0.25) is 0 Å². The molecule has 1 aromatic rings. The smallest absolute Gasteiger partial charge is 0.0672 e. The summed E-state index contributed by atoms with van der Waals surface area (Å²) in [5, 5.41) is 0. The Morgan fingerprint density at radius 3 is 1.47 bits per heavy atom. The first-order chi connectivity index (χ1) is 8.36. The number of benzene rings is 1.